The first-order valence-electron chi connectivity index (χ1n) is 19.1. The van der Waals surface area contributed by atoms with Crippen LogP contribution in [0.5, 0.6) is 5.75 Å². The van der Waals surface area contributed by atoms with E-state index in [0.29, 0.717) is 35.8 Å². The molecule has 1 saturated heterocycles. The zero-order valence-corrected chi connectivity index (χ0v) is 30.8. The van der Waals surface area contributed by atoms with Crippen molar-refractivity contribution in [2.75, 3.05) is 18.1 Å². The molecule has 0 aromatic heterocycles. The second-order valence-corrected chi connectivity index (χ2v) is 17.7. The number of fused-ring (bicyclic) bond motifs is 5. The summed E-state index contributed by atoms with van der Waals surface area (Å²) in [6, 6.07) is 5.78. The maximum Gasteiger partial charge on any atom is 0.453 e. The third kappa shape index (κ3) is 9.33. The number of hydrogen-bond acceptors (Lipinski definition) is 8. The topological polar surface area (TPSA) is 137 Å². The number of aromatic hydroxyl groups is 1. The average molecular weight is 769 g/mol. The number of phenolic OH excluding ortho intramolecular Hbond substituents is 1. The molecule has 14 heteroatoms. The van der Waals surface area contributed by atoms with Crippen LogP contribution in [-0.2, 0) is 26.7 Å². The maximum absolute atomic E-state index is 13.0. The predicted octanol–water partition coefficient (Wildman–Crippen LogP) is 6.51. The van der Waals surface area contributed by atoms with Crippen LogP contribution in [-0.4, -0.2) is 96.8 Å². The van der Waals surface area contributed by atoms with Crippen molar-refractivity contribution in [3.8, 4) is 5.75 Å². The Hall–Kier alpha value is -1.42. The summed E-state index contributed by atoms with van der Waals surface area (Å²) in [5, 5.41) is 51.3. The van der Waals surface area contributed by atoms with E-state index in [4.69, 9.17) is 9.47 Å². The Labute approximate surface area is 305 Å². The highest BCUT2D eigenvalue weighted by molar-refractivity contribution is 7.84. The van der Waals surface area contributed by atoms with E-state index in [2.05, 4.69) is 13.0 Å². The zero-order chi connectivity index (χ0) is 37.8. The predicted molar refractivity (Wildman–Crippen MR) is 185 cm³/mol. The molecule has 0 radical (unpaired) electrons. The van der Waals surface area contributed by atoms with E-state index >= 15 is 0 Å². The summed E-state index contributed by atoms with van der Waals surface area (Å²) in [5.41, 5.74) is 2.35. The lowest BCUT2D eigenvalue weighted by atomic mass is 9.52. The third-order valence-electron chi connectivity index (χ3n) is 12.7. The molecule has 5 rings (SSSR count). The molecule has 12 atom stereocenters. The average Bonchev–Trinajstić information content (AvgIpc) is 3.42. The summed E-state index contributed by atoms with van der Waals surface area (Å²) >= 11 is 0. The summed E-state index contributed by atoms with van der Waals surface area (Å²) in [6.07, 6.45) is -1.96. The van der Waals surface area contributed by atoms with Crippen LogP contribution in [0, 0.1) is 23.2 Å². The molecule has 1 heterocycles. The highest BCUT2D eigenvalue weighted by atomic mass is 32.2. The van der Waals surface area contributed by atoms with Crippen molar-refractivity contribution >= 4 is 10.8 Å². The van der Waals surface area contributed by atoms with Gasteiger partial charge in [0.2, 0.25) is 0 Å². The van der Waals surface area contributed by atoms with Gasteiger partial charge >= 0.3 is 12.1 Å². The van der Waals surface area contributed by atoms with Gasteiger partial charge in [-0.05, 0) is 104 Å². The molecule has 8 nitrogen and oxygen atoms in total. The van der Waals surface area contributed by atoms with E-state index < -0.39 is 73.1 Å². The first kappa shape index (κ1) is 41.7. The largest absolute Gasteiger partial charge is 0.508 e. The summed E-state index contributed by atoms with van der Waals surface area (Å²) in [7, 11) is -1.40. The highest BCUT2D eigenvalue weighted by Crippen LogP contribution is 2.63. The monoisotopic (exact) mass is 768 g/mol. The molecule has 0 bridgehead atoms. The van der Waals surface area contributed by atoms with E-state index in [1.165, 1.54) is 11.1 Å². The Morgan fingerprint density at radius 2 is 1.58 bits per heavy atom. The van der Waals surface area contributed by atoms with Crippen molar-refractivity contribution in [2.24, 2.45) is 23.2 Å². The molecular weight excluding hydrogens is 711 g/mol. The van der Waals surface area contributed by atoms with Crippen molar-refractivity contribution in [1.29, 1.82) is 0 Å². The molecule has 5 N–H and O–H groups in total. The van der Waals surface area contributed by atoms with Crippen molar-refractivity contribution in [3.05, 3.63) is 29.3 Å². The molecule has 0 amide bonds. The number of unbranched alkanes of at least 4 members (excludes halogenated alkanes) is 6. The van der Waals surface area contributed by atoms with Crippen molar-refractivity contribution < 1.29 is 61.2 Å². The molecule has 1 aliphatic heterocycles. The quantitative estimate of drug-likeness (QED) is 0.0895. The van der Waals surface area contributed by atoms with Crippen LogP contribution in [0.2, 0.25) is 0 Å². The van der Waals surface area contributed by atoms with E-state index in [1.807, 2.05) is 6.07 Å². The van der Waals surface area contributed by atoms with Crippen molar-refractivity contribution in [1.82, 2.24) is 0 Å². The van der Waals surface area contributed by atoms with E-state index in [9.17, 15) is 51.7 Å². The molecule has 3 aliphatic carbocycles. The fourth-order valence-electron chi connectivity index (χ4n) is 9.83. The molecule has 2 saturated carbocycles. The van der Waals surface area contributed by atoms with Crippen LogP contribution in [0.3, 0.4) is 0 Å². The van der Waals surface area contributed by atoms with Gasteiger partial charge in [-0.3, -0.25) is 4.21 Å². The van der Waals surface area contributed by atoms with Gasteiger partial charge in [0.1, 0.15) is 30.2 Å². The maximum atomic E-state index is 13.0. The van der Waals surface area contributed by atoms with Crippen molar-refractivity contribution in [2.45, 2.75) is 158 Å². The van der Waals surface area contributed by atoms with Gasteiger partial charge in [0.15, 0.2) is 6.29 Å². The van der Waals surface area contributed by atoms with Gasteiger partial charge in [-0.25, -0.2) is 0 Å². The van der Waals surface area contributed by atoms with Gasteiger partial charge in [-0.15, -0.1) is 0 Å². The minimum Gasteiger partial charge on any atom is -0.508 e. The molecule has 298 valence electrons. The lowest BCUT2D eigenvalue weighted by Crippen LogP contribution is -2.60. The van der Waals surface area contributed by atoms with Crippen LogP contribution in [0.25, 0.3) is 0 Å². The molecule has 4 aliphatic rings. The Morgan fingerprint density at radius 3 is 2.27 bits per heavy atom. The lowest BCUT2D eigenvalue weighted by molar-refractivity contribution is -0.319. The number of rotatable bonds is 17. The Morgan fingerprint density at radius 1 is 0.904 bits per heavy atom. The van der Waals surface area contributed by atoms with E-state index in [-0.39, 0.29) is 23.0 Å². The SMILES string of the molecule is C[C@]12CC[C@@H]3c4ccc(O)cc4C[C@@H](CCCCCCCCCS(=O)CCCC(F)(F)C(F)(F)F)[C@H]3[C@@H]1CC[C@@H]2O[C@@H]1O[C@H](CO)[C@@H](O)[C@H](O)[C@H]1O. The van der Waals surface area contributed by atoms with Crippen LogP contribution < -0.4 is 0 Å². The number of benzene rings is 1. The minimum absolute atomic E-state index is 0.148. The summed E-state index contributed by atoms with van der Waals surface area (Å²) < 4.78 is 87.2. The van der Waals surface area contributed by atoms with Gasteiger partial charge < -0.3 is 35.0 Å². The highest BCUT2D eigenvalue weighted by Gasteiger charge is 2.59. The standard InChI is InChI=1S/C38H57F5O8S/c1-36-17-15-27-26-12-11-25(45)21-24(26)20-23(10-7-5-3-2-4-6-8-18-52(49)19-9-16-37(39,40)38(41,42)43)31(27)28(36)13-14-30(36)51-35-34(48)33(47)32(46)29(22-44)50-35/h11-12,21,23,27-35,44-48H,2-10,13-20,22H2,1H3/t23-,27-,28+,29-,30+,31-,32-,33+,34-,35+,36+,52?/m1/s1. The molecule has 1 aromatic rings. The molecule has 1 unspecified atom stereocenters. The smallest absolute Gasteiger partial charge is 0.453 e. The Kier molecular flexibility index (Phi) is 14.1. The van der Waals surface area contributed by atoms with Gasteiger partial charge in [-0.1, -0.05) is 51.5 Å². The summed E-state index contributed by atoms with van der Waals surface area (Å²) in [4.78, 5) is 0. The third-order valence-corrected chi connectivity index (χ3v) is 14.2. The number of hydrogen-bond donors (Lipinski definition) is 5. The van der Waals surface area contributed by atoms with Gasteiger partial charge in [0.25, 0.3) is 0 Å². The number of aliphatic hydroxyl groups is 4. The molecule has 3 fully saturated rings. The van der Waals surface area contributed by atoms with Gasteiger partial charge in [0.05, 0.1) is 12.7 Å². The number of aliphatic hydroxyl groups excluding tert-OH is 4. The Balaban J connectivity index is 1.10. The lowest BCUT2D eigenvalue weighted by Gasteiger charge is -2.54. The normalized spacial score (nSPS) is 35.5. The van der Waals surface area contributed by atoms with Crippen LogP contribution in [0.15, 0.2) is 18.2 Å². The summed E-state index contributed by atoms with van der Waals surface area (Å²) in [6.45, 7) is 1.76. The van der Waals surface area contributed by atoms with E-state index in [1.54, 1.807) is 6.07 Å². The molecular formula is C38H57F5O8S. The van der Waals surface area contributed by atoms with Gasteiger partial charge in [-0.2, -0.15) is 22.0 Å². The molecule has 0 spiro atoms. The fourth-order valence-corrected chi connectivity index (χ4v) is 11.0. The van der Waals surface area contributed by atoms with Crippen LogP contribution in [0.4, 0.5) is 22.0 Å². The second kappa shape index (κ2) is 17.6. The summed E-state index contributed by atoms with van der Waals surface area (Å²) in [5.74, 6) is -2.74. The Bertz CT molecular complexity index is 1330. The number of ether oxygens (including phenoxy) is 2. The molecule has 52 heavy (non-hydrogen) atoms. The number of halogens is 5. The first-order chi connectivity index (χ1) is 24.6. The van der Waals surface area contributed by atoms with Crippen LogP contribution in [0.1, 0.15) is 114 Å². The molecule has 1 aromatic carbocycles. The van der Waals surface area contributed by atoms with Gasteiger partial charge in [0, 0.05) is 28.7 Å². The minimum atomic E-state index is -5.57. The van der Waals surface area contributed by atoms with Crippen molar-refractivity contribution in [3.63, 3.8) is 0 Å². The first-order valence-corrected chi connectivity index (χ1v) is 20.6. The van der Waals surface area contributed by atoms with E-state index in [0.717, 1.165) is 77.0 Å². The number of alkyl halides is 5. The fraction of sp³-hybridized carbons (Fsp3) is 0.842. The second-order valence-electron chi connectivity index (χ2n) is 16.0. The number of phenols is 1. The van der Waals surface area contributed by atoms with Crippen LogP contribution >= 0.6 is 0 Å². The zero-order valence-electron chi connectivity index (χ0n) is 30.0.